The molecule has 1 saturated carbocycles. The molecule has 1 amide bonds. The summed E-state index contributed by atoms with van der Waals surface area (Å²) in [6.45, 7) is 0. The van der Waals surface area contributed by atoms with E-state index < -0.39 is 5.92 Å². The van der Waals surface area contributed by atoms with Crippen molar-refractivity contribution in [2.45, 2.75) is 44.1 Å². The number of rotatable bonds is 4. The van der Waals surface area contributed by atoms with Gasteiger partial charge in [-0.3, -0.25) is 4.79 Å². The van der Waals surface area contributed by atoms with Crippen LogP contribution in [0.15, 0.2) is 54.6 Å². The zero-order valence-electron chi connectivity index (χ0n) is 13.2. The van der Waals surface area contributed by atoms with Gasteiger partial charge in [0.15, 0.2) is 0 Å². The van der Waals surface area contributed by atoms with Gasteiger partial charge in [-0.1, -0.05) is 61.7 Å². The van der Waals surface area contributed by atoms with Crippen molar-refractivity contribution in [3.05, 3.63) is 71.5 Å². The highest BCUT2D eigenvalue weighted by Gasteiger charge is 2.25. The van der Waals surface area contributed by atoms with Crippen LogP contribution in [0.1, 0.15) is 49.1 Å². The molecule has 2 aromatic carbocycles. The zero-order valence-corrected chi connectivity index (χ0v) is 13.2. The first-order valence-corrected chi connectivity index (χ1v) is 8.35. The molecule has 2 aromatic rings. The van der Waals surface area contributed by atoms with E-state index in [0.29, 0.717) is 5.56 Å². The molecule has 0 heterocycles. The maximum atomic E-state index is 13.6. The molecule has 23 heavy (non-hydrogen) atoms. The van der Waals surface area contributed by atoms with Crippen molar-refractivity contribution in [1.29, 1.82) is 0 Å². The summed E-state index contributed by atoms with van der Waals surface area (Å²) in [4.78, 5) is 12.9. The first-order valence-electron chi connectivity index (χ1n) is 8.35. The quantitative estimate of drug-likeness (QED) is 0.890. The molecule has 0 bridgehead atoms. The van der Waals surface area contributed by atoms with E-state index >= 15 is 0 Å². The molecule has 1 aliphatic carbocycles. The lowest BCUT2D eigenvalue weighted by Crippen LogP contribution is -2.39. The molecule has 0 spiro atoms. The first kappa shape index (κ1) is 15.7. The number of carbonyl (C=O) groups excluding carboxylic acids is 1. The van der Waals surface area contributed by atoms with Gasteiger partial charge in [-0.2, -0.15) is 0 Å². The number of benzene rings is 2. The smallest absolute Gasteiger partial charge is 0.232 e. The molecule has 1 atom stereocenters. The van der Waals surface area contributed by atoms with E-state index in [4.69, 9.17) is 0 Å². The van der Waals surface area contributed by atoms with Gasteiger partial charge in [0.05, 0.1) is 5.92 Å². The van der Waals surface area contributed by atoms with Crippen molar-refractivity contribution in [2.75, 3.05) is 0 Å². The van der Waals surface area contributed by atoms with E-state index in [1.54, 1.807) is 6.07 Å². The second-order valence-electron chi connectivity index (χ2n) is 6.24. The highest BCUT2D eigenvalue weighted by atomic mass is 19.1. The molecular formula is C20H22FNO. The minimum Gasteiger partial charge on any atom is -0.353 e. The Kier molecular flexibility index (Phi) is 5.06. The van der Waals surface area contributed by atoms with Gasteiger partial charge in [-0.25, -0.2) is 4.39 Å². The average Bonchev–Trinajstić information content (AvgIpc) is 2.57. The molecule has 3 rings (SSSR count). The molecule has 1 fully saturated rings. The van der Waals surface area contributed by atoms with Crippen LogP contribution in [-0.2, 0) is 4.79 Å². The van der Waals surface area contributed by atoms with E-state index in [2.05, 4.69) is 5.32 Å². The number of amides is 1. The Bertz CT molecular complexity index is 650. The van der Waals surface area contributed by atoms with Gasteiger partial charge in [0.1, 0.15) is 5.82 Å². The van der Waals surface area contributed by atoms with Gasteiger partial charge in [-0.05, 0) is 36.1 Å². The summed E-state index contributed by atoms with van der Waals surface area (Å²) in [5.41, 5.74) is 1.59. The summed E-state index contributed by atoms with van der Waals surface area (Å²) >= 11 is 0. The third-order valence-corrected chi connectivity index (χ3v) is 4.53. The average molecular weight is 311 g/mol. The van der Waals surface area contributed by atoms with Crippen molar-refractivity contribution in [3.63, 3.8) is 0 Å². The number of halogens is 1. The fourth-order valence-corrected chi connectivity index (χ4v) is 3.36. The van der Waals surface area contributed by atoms with Gasteiger partial charge in [-0.15, -0.1) is 0 Å². The standard InChI is InChI=1S/C20H22FNO/c21-17-11-7-10-16(14-17)19(15-8-3-1-4-9-15)20(23)22-18-12-5-2-6-13-18/h1,3-4,7-11,14,18-19H,2,5-6,12-13H2,(H,22,23)/t19-/m0/s1. The molecule has 0 saturated heterocycles. The third kappa shape index (κ3) is 3.98. The summed E-state index contributed by atoms with van der Waals surface area (Å²) in [6.07, 6.45) is 5.66. The molecule has 0 aliphatic heterocycles. The van der Waals surface area contributed by atoms with Gasteiger partial charge >= 0.3 is 0 Å². The van der Waals surface area contributed by atoms with E-state index in [0.717, 1.165) is 18.4 Å². The number of nitrogens with one attached hydrogen (secondary N) is 1. The number of hydrogen-bond acceptors (Lipinski definition) is 1. The Morgan fingerprint density at radius 3 is 2.35 bits per heavy atom. The van der Waals surface area contributed by atoms with E-state index in [1.807, 2.05) is 36.4 Å². The Morgan fingerprint density at radius 1 is 0.957 bits per heavy atom. The number of carbonyl (C=O) groups is 1. The third-order valence-electron chi connectivity index (χ3n) is 4.53. The van der Waals surface area contributed by atoms with Crippen molar-refractivity contribution in [3.8, 4) is 0 Å². The Labute approximate surface area is 136 Å². The first-order chi connectivity index (χ1) is 11.2. The molecular weight excluding hydrogens is 289 g/mol. The molecule has 0 aromatic heterocycles. The summed E-state index contributed by atoms with van der Waals surface area (Å²) in [7, 11) is 0. The predicted octanol–water partition coefficient (Wildman–Crippen LogP) is 4.41. The predicted molar refractivity (Wildman–Crippen MR) is 89.7 cm³/mol. The molecule has 1 N–H and O–H groups in total. The second kappa shape index (κ2) is 7.40. The van der Waals surface area contributed by atoms with Gasteiger partial charge in [0.25, 0.3) is 0 Å². The topological polar surface area (TPSA) is 29.1 Å². The van der Waals surface area contributed by atoms with Gasteiger partial charge in [0, 0.05) is 6.04 Å². The summed E-state index contributed by atoms with van der Waals surface area (Å²) < 4.78 is 13.6. The van der Waals surface area contributed by atoms with Gasteiger partial charge in [0.2, 0.25) is 5.91 Å². The lowest BCUT2D eigenvalue weighted by molar-refractivity contribution is -0.122. The molecule has 2 nitrogen and oxygen atoms in total. The highest BCUT2D eigenvalue weighted by Crippen LogP contribution is 2.27. The molecule has 1 aliphatic rings. The lowest BCUT2D eigenvalue weighted by Gasteiger charge is -2.26. The van der Waals surface area contributed by atoms with Crippen molar-refractivity contribution in [2.24, 2.45) is 0 Å². The Balaban J connectivity index is 1.87. The normalized spacial score (nSPS) is 16.7. The van der Waals surface area contributed by atoms with Crippen molar-refractivity contribution < 1.29 is 9.18 Å². The Hall–Kier alpha value is -2.16. The monoisotopic (exact) mass is 311 g/mol. The van der Waals surface area contributed by atoms with Crippen LogP contribution in [0, 0.1) is 5.82 Å². The van der Waals surface area contributed by atoms with Crippen molar-refractivity contribution in [1.82, 2.24) is 5.32 Å². The summed E-state index contributed by atoms with van der Waals surface area (Å²) in [5, 5.41) is 3.17. The van der Waals surface area contributed by atoms with Crippen LogP contribution in [0.2, 0.25) is 0 Å². The minimum absolute atomic E-state index is 0.0336. The van der Waals surface area contributed by atoms with Crippen LogP contribution in [0.25, 0.3) is 0 Å². The van der Waals surface area contributed by atoms with Crippen LogP contribution in [-0.4, -0.2) is 11.9 Å². The maximum Gasteiger partial charge on any atom is 0.232 e. The fourth-order valence-electron chi connectivity index (χ4n) is 3.36. The largest absolute Gasteiger partial charge is 0.353 e. The van der Waals surface area contributed by atoms with Crippen LogP contribution < -0.4 is 5.32 Å². The summed E-state index contributed by atoms with van der Waals surface area (Å²) in [6, 6.07) is 16.2. The molecule has 0 unspecified atom stereocenters. The van der Waals surface area contributed by atoms with Crippen LogP contribution in [0.4, 0.5) is 4.39 Å². The van der Waals surface area contributed by atoms with E-state index in [9.17, 15) is 9.18 Å². The van der Waals surface area contributed by atoms with Crippen LogP contribution in [0.5, 0.6) is 0 Å². The molecule has 0 radical (unpaired) electrons. The minimum atomic E-state index is -0.464. The maximum absolute atomic E-state index is 13.6. The van der Waals surface area contributed by atoms with Crippen LogP contribution in [0.3, 0.4) is 0 Å². The number of hydrogen-bond donors (Lipinski definition) is 1. The Morgan fingerprint density at radius 2 is 1.65 bits per heavy atom. The highest BCUT2D eigenvalue weighted by molar-refractivity contribution is 5.87. The van der Waals surface area contributed by atoms with Gasteiger partial charge < -0.3 is 5.32 Å². The fraction of sp³-hybridized carbons (Fsp3) is 0.350. The molecule has 120 valence electrons. The van der Waals surface area contributed by atoms with Crippen LogP contribution >= 0.6 is 0 Å². The van der Waals surface area contributed by atoms with Crippen molar-refractivity contribution >= 4 is 5.91 Å². The van der Waals surface area contributed by atoms with E-state index in [-0.39, 0.29) is 17.8 Å². The molecule has 3 heteroatoms. The second-order valence-corrected chi connectivity index (χ2v) is 6.24. The van der Waals surface area contributed by atoms with E-state index in [1.165, 1.54) is 31.4 Å². The lowest BCUT2D eigenvalue weighted by atomic mass is 9.89. The SMILES string of the molecule is O=C(NC1CCCCC1)[C@@H](c1ccccc1)c1cccc(F)c1. The zero-order chi connectivity index (χ0) is 16.1. The summed E-state index contributed by atoms with van der Waals surface area (Å²) in [5.74, 6) is -0.809.